The average Bonchev–Trinajstić information content (AvgIpc) is 2.91. The summed E-state index contributed by atoms with van der Waals surface area (Å²) in [5.74, 6) is -0.759. The summed E-state index contributed by atoms with van der Waals surface area (Å²) in [4.78, 5) is 36.1. The number of piperidine rings is 1. The summed E-state index contributed by atoms with van der Waals surface area (Å²) in [6, 6.07) is 8.20. The van der Waals surface area contributed by atoms with Crippen LogP contribution in [-0.4, -0.2) is 90.8 Å². The first-order valence-electron chi connectivity index (χ1n) is 13.0. The zero-order valence-corrected chi connectivity index (χ0v) is 20.6. The number of fused-ring (bicyclic) bond motifs is 1. The molecule has 2 amide bonds. The second-order valence-electron chi connectivity index (χ2n) is 9.98. The fraction of sp³-hybridized carbons (Fsp3) is 0.593. The van der Waals surface area contributed by atoms with Crippen molar-refractivity contribution in [3.8, 4) is 0 Å². The number of carbonyl (C=O) groups excluding carboxylic acids is 2. The number of hydrogen-bond acceptors (Lipinski definition) is 6. The van der Waals surface area contributed by atoms with Gasteiger partial charge in [-0.05, 0) is 51.2 Å². The van der Waals surface area contributed by atoms with Crippen LogP contribution < -0.4 is 4.90 Å². The maximum Gasteiger partial charge on any atom is 0.312 e. The molecule has 8 heteroatoms. The molecule has 1 aromatic carbocycles. The van der Waals surface area contributed by atoms with Crippen LogP contribution >= 0.6 is 0 Å². The maximum atomic E-state index is 13.1. The van der Waals surface area contributed by atoms with E-state index in [-0.39, 0.29) is 30.1 Å². The highest BCUT2D eigenvalue weighted by molar-refractivity contribution is 6.35. The van der Waals surface area contributed by atoms with Crippen molar-refractivity contribution in [1.82, 2.24) is 14.8 Å². The second kappa shape index (κ2) is 10.9. The minimum Gasteiger partial charge on any atom is -0.376 e. The Morgan fingerprint density at radius 3 is 2.69 bits per heavy atom. The minimum absolute atomic E-state index is 0.0475. The zero-order chi connectivity index (χ0) is 24.2. The fourth-order valence-corrected chi connectivity index (χ4v) is 5.53. The summed E-state index contributed by atoms with van der Waals surface area (Å²) in [6.45, 7) is 6.55. The van der Waals surface area contributed by atoms with Crippen molar-refractivity contribution >= 4 is 28.3 Å². The molecule has 2 unspecified atom stereocenters. The molecule has 3 fully saturated rings. The normalized spacial score (nSPS) is 24.1. The molecule has 3 saturated heterocycles. The van der Waals surface area contributed by atoms with Crippen LogP contribution in [0.3, 0.4) is 0 Å². The third kappa shape index (κ3) is 5.43. The van der Waals surface area contributed by atoms with Gasteiger partial charge in [0.05, 0.1) is 18.8 Å². The van der Waals surface area contributed by atoms with Gasteiger partial charge in [0.25, 0.3) is 0 Å². The lowest BCUT2D eigenvalue weighted by atomic mass is 10.1. The van der Waals surface area contributed by atoms with Crippen molar-refractivity contribution in [2.24, 2.45) is 0 Å². The molecule has 3 aliphatic rings. The van der Waals surface area contributed by atoms with Crippen LogP contribution in [0.2, 0.25) is 0 Å². The average molecular weight is 481 g/mol. The van der Waals surface area contributed by atoms with Gasteiger partial charge >= 0.3 is 11.8 Å². The van der Waals surface area contributed by atoms with E-state index in [0.717, 1.165) is 48.8 Å². The Kier molecular flexibility index (Phi) is 7.48. The zero-order valence-electron chi connectivity index (χ0n) is 20.6. The number of likely N-dealkylation sites (tertiary alicyclic amines) is 1. The lowest BCUT2D eigenvalue weighted by molar-refractivity contribution is -0.155. The number of amides is 2. The predicted molar refractivity (Wildman–Crippen MR) is 134 cm³/mol. The summed E-state index contributed by atoms with van der Waals surface area (Å²) >= 11 is 0. The van der Waals surface area contributed by atoms with E-state index >= 15 is 0 Å². The molecule has 0 spiro atoms. The van der Waals surface area contributed by atoms with E-state index in [9.17, 15) is 9.59 Å². The van der Waals surface area contributed by atoms with Crippen molar-refractivity contribution in [1.29, 1.82) is 0 Å². The number of aromatic nitrogens is 1. The maximum absolute atomic E-state index is 13.1. The van der Waals surface area contributed by atoms with Crippen LogP contribution in [-0.2, 0) is 19.1 Å². The summed E-state index contributed by atoms with van der Waals surface area (Å²) in [5, 5.41) is 2.26. The highest BCUT2D eigenvalue weighted by Crippen LogP contribution is 2.28. The third-order valence-corrected chi connectivity index (χ3v) is 7.59. The first-order chi connectivity index (χ1) is 17.1. The van der Waals surface area contributed by atoms with Crippen molar-refractivity contribution in [2.45, 2.75) is 57.3 Å². The molecule has 1 aromatic heterocycles. The molecule has 0 radical (unpaired) electrons. The Hall–Kier alpha value is -2.71. The van der Waals surface area contributed by atoms with E-state index in [0.29, 0.717) is 39.3 Å². The summed E-state index contributed by atoms with van der Waals surface area (Å²) in [6.07, 6.45) is 8.97. The molecule has 0 aliphatic carbocycles. The number of pyridine rings is 1. The molecule has 188 valence electrons. The first kappa shape index (κ1) is 24.0. The van der Waals surface area contributed by atoms with E-state index in [1.54, 1.807) is 9.80 Å². The van der Waals surface area contributed by atoms with Crippen LogP contribution in [0, 0.1) is 0 Å². The quantitative estimate of drug-likeness (QED) is 0.627. The molecule has 0 N–H and O–H groups in total. The van der Waals surface area contributed by atoms with Gasteiger partial charge in [-0.1, -0.05) is 12.1 Å². The molecular formula is C27H36N4O4. The van der Waals surface area contributed by atoms with Crippen molar-refractivity contribution in [2.75, 3.05) is 50.8 Å². The number of ether oxygens (including phenoxy) is 2. The molecule has 2 aromatic rings. The Morgan fingerprint density at radius 1 is 1.06 bits per heavy atom. The van der Waals surface area contributed by atoms with Crippen molar-refractivity contribution in [3.05, 3.63) is 36.7 Å². The molecule has 0 bridgehead atoms. The Morgan fingerprint density at radius 2 is 1.91 bits per heavy atom. The van der Waals surface area contributed by atoms with Crippen molar-refractivity contribution in [3.63, 3.8) is 0 Å². The molecule has 4 heterocycles. The fourth-order valence-electron chi connectivity index (χ4n) is 5.53. The van der Waals surface area contributed by atoms with Gasteiger partial charge in [-0.15, -0.1) is 0 Å². The van der Waals surface area contributed by atoms with Crippen LogP contribution in [0.5, 0.6) is 0 Å². The number of benzene rings is 1. The van der Waals surface area contributed by atoms with Gasteiger partial charge in [0.2, 0.25) is 0 Å². The summed E-state index contributed by atoms with van der Waals surface area (Å²) in [5.41, 5.74) is 1.15. The van der Waals surface area contributed by atoms with E-state index in [4.69, 9.17) is 9.47 Å². The van der Waals surface area contributed by atoms with Gasteiger partial charge in [-0.25, -0.2) is 0 Å². The number of hydrogen-bond donors (Lipinski definition) is 0. The van der Waals surface area contributed by atoms with Gasteiger partial charge in [-0.3, -0.25) is 14.6 Å². The molecule has 3 aliphatic heterocycles. The van der Waals surface area contributed by atoms with E-state index < -0.39 is 0 Å². The van der Waals surface area contributed by atoms with E-state index in [1.165, 1.54) is 6.42 Å². The molecule has 35 heavy (non-hydrogen) atoms. The van der Waals surface area contributed by atoms with Gasteiger partial charge in [0.1, 0.15) is 0 Å². The number of rotatable bonds is 4. The Balaban J connectivity index is 1.12. The van der Waals surface area contributed by atoms with Gasteiger partial charge < -0.3 is 24.2 Å². The predicted octanol–water partition coefficient (Wildman–Crippen LogP) is 2.85. The number of nitrogens with zero attached hydrogens (tertiary/aromatic N) is 4. The van der Waals surface area contributed by atoms with Gasteiger partial charge in [0, 0.05) is 74.2 Å². The van der Waals surface area contributed by atoms with E-state index in [2.05, 4.69) is 22.0 Å². The summed E-state index contributed by atoms with van der Waals surface area (Å²) < 4.78 is 11.8. The number of anilines is 1. The molecule has 5 rings (SSSR count). The monoisotopic (exact) mass is 480 g/mol. The van der Waals surface area contributed by atoms with Crippen LogP contribution in [0.4, 0.5) is 5.69 Å². The minimum atomic E-state index is -0.380. The van der Waals surface area contributed by atoms with Crippen LogP contribution in [0.15, 0.2) is 36.7 Å². The Bertz CT molecular complexity index is 1030. The molecule has 0 saturated carbocycles. The second-order valence-corrected chi connectivity index (χ2v) is 9.98. The highest BCUT2D eigenvalue weighted by Gasteiger charge is 2.35. The van der Waals surface area contributed by atoms with Crippen molar-refractivity contribution < 1.29 is 19.1 Å². The topological polar surface area (TPSA) is 75.2 Å². The van der Waals surface area contributed by atoms with E-state index in [1.807, 2.05) is 31.5 Å². The molecule has 8 nitrogen and oxygen atoms in total. The van der Waals surface area contributed by atoms with Crippen LogP contribution in [0.25, 0.3) is 10.8 Å². The molecular weight excluding hydrogens is 444 g/mol. The number of carbonyl (C=O) groups is 2. The largest absolute Gasteiger partial charge is 0.376 e. The molecule has 2 atom stereocenters. The highest BCUT2D eigenvalue weighted by atomic mass is 16.5. The Labute approximate surface area is 207 Å². The van der Waals surface area contributed by atoms with Gasteiger partial charge in [-0.2, -0.15) is 0 Å². The smallest absolute Gasteiger partial charge is 0.312 e. The number of piperazine rings is 1. The van der Waals surface area contributed by atoms with Crippen LogP contribution in [0.1, 0.15) is 39.0 Å². The standard InChI is InChI=1S/C27H36N4O4/c1-20-18-30(25-7-4-5-21-17-28-11-8-24(21)25)14-15-31(20)27(33)26(32)29-12-9-22(10-13-29)35-19-23-6-2-3-16-34-23/h4-5,7-8,11,17,20,22-23H,2-3,6,9-10,12-16,18-19H2,1H3. The summed E-state index contributed by atoms with van der Waals surface area (Å²) in [7, 11) is 0. The third-order valence-electron chi connectivity index (χ3n) is 7.59. The lowest BCUT2D eigenvalue weighted by Gasteiger charge is -2.42. The lowest BCUT2D eigenvalue weighted by Crippen LogP contribution is -2.58. The van der Waals surface area contributed by atoms with Gasteiger partial charge in [0.15, 0.2) is 0 Å². The SMILES string of the molecule is CC1CN(c2cccc3cnccc23)CCN1C(=O)C(=O)N1CCC(OCC2CCCCO2)CC1. The first-order valence-corrected chi connectivity index (χ1v) is 13.0.